The van der Waals surface area contributed by atoms with E-state index in [0.29, 0.717) is 6.61 Å². The van der Waals surface area contributed by atoms with Gasteiger partial charge in [0.2, 0.25) is 0 Å². The lowest BCUT2D eigenvalue weighted by Crippen LogP contribution is -2.03. The summed E-state index contributed by atoms with van der Waals surface area (Å²) >= 11 is 0. The van der Waals surface area contributed by atoms with E-state index in [2.05, 4.69) is 9.47 Å². The molecule has 0 heterocycles. The first kappa shape index (κ1) is 18.1. The Hall–Kier alpha value is -0.810. The van der Waals surface area contributed by atoms with Crippen LogP contribution in [0.4, 0.5) is 4.79 Å². The predicted octanol–water partition coefficient (Wildman–Crippen LogP) is 1.52. The molecule has 0 rings (SSSR count). The van der Waals surface area contributed by atoms with E-state index in [1.54, 1.807) is 0 Å². The fraction of sp³-hybridized carbons (Fsp3) is 0.875. The number of rotatable bonds is 2. The minimum Gasteiger partial charge on any atom is -0.438 e. The van der Waals surface area contributed by atoms with Crippen molar-refractivity contribution in [2.75, 3.05) is 34.9 Å². The molecule has 5 nitrogen and oxygen atoms in total. The van der Waals surface area contributed by atoms with E-state index in [4.69, 9.17) is 0 Å². The van der Waals surface area contributed by atoms with Crippen LogP contribution >= 0.6 is 0 Å². The summed E-state index contributed by atoms with van der Waals surface area (Å²) in [5.41, 5.74) is 0. The van der Waals surface area contributed by atoms with Gasteiger partial charge in [-0.05, 0) is 27.6 Å². The SMILES string of the molecule is CCCOC(=O)OC.CN(C)C.N. The molecule has 5 heteroatoms. The van der Waals surface area contributed by atoms with Gasteiger partial charge in [0, 0.05) is 0 Å². The number of ether oxygens (including phenoxy) is 2. The molecule has 0 aromatic carbocycles. The van der Waals surface area contributed by atoms with Crippen molar-refractivity contribution in [3.8, 4) is 0 Å². The van der Waals surface area contributed by atoms with Crippen LogP contribution in [0.5, 0.6) is 0 Å². The van der Waals surface area contributed by atoms with Crippen LogP contribution < -0.4 is 6.15 Å². The van der Waals surface area contributed by atoms with Crippen LogP contribution in [0.15, 0.2) is 0 Å². The van der Waals surface area contributed by atoms with Gasteiger partial charge in [-0.15, -0.1) is 0 Å². The topological polar surface area (TPSA) is 73.8 Å². The van der Waals surface area contributed by atoms with Gasteiger partial charge in [0.1, 0.15) is 0 Å². The molecule has 0 aliphatic heterocycles. The number of carbonyl (C=O) groups excluding carboxylic acids is 1. The molecule has 13 heavy (non-hydrogen) atoms. The Morgan fingerprint density at radius 2 is 1.69 bits per heavy atom. The summed E-state index contributed by atoms with van der Waals surface area (Å²) in [7, 11) is 7.29. The first-order valence-corrected chi connectivity index (χ1v) is 3.86. The van der Waals surface area contributed by atoms with Crippen LogP contribution in [-0.2, 0) is 9.47 Å². The second-order valence-corrected chi connectivity index (χ2v) is 2.64. The second-order valence-electron chi connectivity index (χ2n) is 2.64. The molecular weight excluding hydrogens is 172 g/mol. The molecule has 0 aromatic rings. The summed E-state index contributed by atoms with van der Waals surface area (Å²) < 4.78 is 8.67. The highest BCUT2D eigenvalue weighted by Crippen LogP contribution is 1.83. The normalized spacial score (nSPS) is 7.85. The van der Waals surface area contributed by atoms with Crippen LogP contribution in [0.25, 0.3) is 0 Å². The van der Waals surface area contributed by atoms with Crippen LogP contribution in [-0.4, -0.2) is 45.9 Å². The van der Waals surface area contributed by atoms with Crippen LogP contribution in [0.2, 0.25) is 0 Å². The predicted molar refractivity (Wildman–Crippen MR) is 53.3 cm³/mol. The quantitative estimate of drug-likeness (QED) is 0.674. The molecular formula is C8H22N2O3. The lowest BCUT2D eigenvalue weighted by molar-refractivity contribution is 0.0728. The van der Waals surface area contributed by atoms with E-state index in [-0.39, 0.29) is 6.15 Å². The summed E-state index contributed by atoms with van der Waals surface area (Å²) in [6.45, 7) is 2.36. The molecule has 0 unspecified atom stereocenters. The summed E-state index contributed by atoms with van der Waals surface area (Å²) in [5, 5.41) is 0. The summed E-state index contributed by atoms with van der Waals surface area (Å²) in [5.74, 6) is 0. The maximum atomic E-state index is 10.1. The van der Waals surface area contributed by atoms with E-state index in [1.807, 2.05) is 33.0 Å². The molecule has 0 bridgehead atoms. The van der Waals surface area contributed by atoms with Gasteiger partial charge in [-0.2, -0.15) is 0 Å². The molecule has 0 radical (unpaired) electrons. The van der Waals surface area contributed by atoms with Gasteiger partial charge in [-0.1, -0.05) is 6.92 Å². The number of hydrogen-bond donors (Lipinski definition) is 1. The third kappa shape index (κ3) is 35.1. The highest BCUT2D eigenvalue weighted by Gasteiger charge is 1.95. The lowest BCUT2D eigenvalue weighted by atomic mass is 10.5. The Bertz CT molecular complexity index is 105. The van der Waals surface area contributed by atoms with Crippen molar-refractivity contribution in [3.05, 3.63) is 0 Å². The number of hydrogen-bond acceptors (Lipinski definition) is 5. The fourth-order valence-electron chi connectivity index (χ4n) is 0.244. The van der Waals surface area contributed by atoms with Gasteiger partial charge in [0.15, 0.2) is 0 Å². The molecule has 0 saturated carbocycles. The minimum absolute atomic E-state index is 0. The molecule has 0 spiro atoms. The van der Waals surface area contributed by atoms with Crippen molar-refractivity contribution in [1.82, 2.24) is 11.1 Å². The molecule has 3 N–H and O–H groups in total. The van der Waals surface area contributed by atoms with Crippen molar-refractivity contribution in [2.45, 2.75) is 13.3 Å². The van der Waals surface area contributed by atoms with Gasteiger partial charge < -0.3 is 20.5 Å². The molecule has 0 aliphatic carbocycles. The first-order chi connectivity index (χ1) is 5.54. The molecule has 0 amide bonds. The fourth-order valence-corrected chi connectivity index (χ4v) is 0.244. The Labute approximate surface area is 80.6 Å². The summed E-state index contributed by atoms with van der Waals surface area (Å²) in [6, 6.07) is 0. The Kier molecular flexibility index (Phi) is 19.1. The largest absolute Gasteiger partial charge is 0.507 e. The lowest BCUT2D eigenvalue weighted by Gasteiger charge is -1.97. The van der Waals surface area contributed by atoms with Crippen LogP contribution in [0.3, 0.4) is 0 Å². The molecule has 0 fully saturated rings. The zero-order valence-corrected chi connectivity index (χ0v) is 9.29. The van der Waals surface area contributed by atoms with Gasteiger partial charge in [-0.25, -0.2) is 4.79 Å². The zero-order chi connectivity index (χ0) is 9.98. The maximum Gasteiger partial charge on any atom is 0.507 e. The van der Waals surface area contributed by atoms with Gasteiger partial charge in [0.05, 0.1) is 13.7 Å². The third-order valence-electron chi connectivity index (χ3n) is 0.591. The van der Waals surface area contributed by atoms with E-state index < -0.39 is 6.16 Å². The molecule has 82 valence electrons. The maximum absolute atomic E-state index is 10.1. The number of nitrogens with zero attached hydrogens (tertiary/aromatic N) is 1. The Morgan fingerprint density at radius 3 is 1.92 bits per heavy atom. The van der Waals surface area contributed by atoms with Gasteiger partial charge >= 0.3 is 6.16 Å². The zero-order valence-electron chi connectivity index (χ0n) is 9.29. The molecule has 0 saturated heterocycles. The van der Waals surface area contributed by atoms with E-state index in [1.165, 1.54) is 7.11 Å². The molecule has 0 aromatic heterocycles. The Morgan fingerprint density at radius 1 is 1.31 bits per heavy atom. The summed E-state index contributed by atoms with van der Waals surface area (Å²) in [6.07, 6.45) is 0.224. The van der Waals surface area contributed by atoms with E-state index in [0.717, 1.165) is 6.42 Å². The average Bonchev–Trinajstić information content (AvgIpc) is 1.99. The van der Waals surface area contributed by atoms with Crippen molar-refractivity contribution >= 4 is 6.16 Å². The smallest absolute Gasteiger partial charge is 0.438 e. The van der Waals surface area contributed by atoms with Gasteiger partial charge in [-0.3, -0.25) is 0 Å². The van der Waals surface area contributed by atoms with E-state index >= 15 is 0 Å². The monoisotopic (exact) mass is 194 g/mol. The van der Waals surface area contributed by atoms with Crippen molar-refractivity contribution in [3.63, 3.8) is 0 Å². The van der Waals surface area contributed by atoms with Crippen LogP contribution in [0.1, 0.15) is 13.3 Å². The molecule has 0 aliphatic rings. The Balaban J connectivity index is -0.000000173. The summed E-state index contributed by atoms with van der Waals surface area (Å²) in [4.78, 5) is 12.1. The van der Waals surface area contributed by atoms with E-state index in [9.17, 15) is 4.79 Å². The standard InChI is InChI=1S/C5H10O3.C3H9N.H3N/c1-3-4-8-5(6)7-2;1-4(2)3;/h3-4H2,1-2H3;1-3H3;1H3. The first-order valence-electron chi connectivity index (χ1n) is 3.86. The van der Waals surface area contributed by atoms with Gasteiger partial charge in [0.25, 0.3) is 0 Å². The van der Waals surface area contributed by atoms with Crippen molar-refractivity contribution in [2.24, 2.45) is 0 Å². The van der Waals surface area contributed by atoms with Crippen molar-refractivity contribution < 1.29 is 14.3 Å². The molecule has 0 atom stereocenters. The third-order valence-corrected chi connectivity index (χ3v) is 0.591. The number of methoxy groups -OCH3 is 1. The average molecular weight is 194 g/mol. The number of carbonyl (C=O) groups is 1. The second kappa shape index (κ2) is 13.8. The highest BCUT2D eigenvalue weighted by atomic mass is 16.7. The van der Waals surface area contributed by atoms with Crippen LogP contribution in [0, 0.1) is 0 Å². The minimum atomic E-state index is -0.605. The highest BCUT2D eigenvalue weighted by molar-refractivity contribution is 5.59. The van der Waals surface area contributed by atoms with Crippen molar-refractivity contribution in [1.29, 1.82) is 0 Å².